The Morgan fingerprint density at radius 2 is 1.83 bits per heavy atom. The van der Waals surface area contributed by atoms with Gasteiger partial charge in [0, 0.05) is 19.6 Å². The Hall–Kier alpha value is -1.17. The van der Waals surface area contributed by atoms with Crippen molar-refractivity contribution in [1.82, 2.24) is 15.5 Å². The maximum absolute atomic E-state index is 5.40. The summed E-state index contributed by atoms with van der Waals surface area (Å²) in [5, 5.41) is 7.33. The van der Waals surface area contributed by atoms with Gasteiger partial charge in [-0.2, -0.15) is 0 Å². The summed E-state index contributed by atoms with van der Waals surface area (Å²) < 4.78 is 5.38. The number of hydrogen-bond donors (Lipinski definition) is 2. The number of hydrogen-bond acceptors (Lipinski definition) is 3. The minimum absolute atomic E-state index is 0.191. The highest BCUT2D eigenvalue weighted by Crippen LogP contribution is 2.22. The van der Waals surface area contributed by atoms with Gasteiger partial charge in [-0.1, -0.05) is 45.0 Å². The molecule has 0 spiro atoms. The van der Waals surface area contributed by atoms with E-state index in [1.54, 1.807) is 0 Å². The van der Waals surface area contributed by atoms with Crippen molar-refractivity contribution < 1.29 is 4.74 Å². The van der Waals surface area contributed by atoms with E-state index < -0.39 is 0 Å². The van der Waals surface area contributed by atoms with Crippen molar-refractivity contribution in [3.8, 4) is 0 Å². The third kappa shape index (κ3) is 5.75. The van der Waals surface area contributed by atoms with Gasteiger partial charge in [-0.25, -0.2) is 0 Å². The molecule has 1 fully saturated rings. The largest absolute Gasteiger partial charge is 0.379 e. The topological polar surface area (TPSA) is 36.5 Å². The van der Waals surface area contributed by atoms with Crippen LogP contribution in [0.5, 0.6) is 0 Å². The summed E-state index contributed by atoms with van der Waals surface area (Å²) in [4.78, 5) is 2.34. The fourth-order valence-corrected chi connectivity index (χ4v) is 2.84. The molecule has 1 unspecified atom stereocenters. The molecular formula is C18H29N3OS. The van der Waals surface area contributed by atoms with E-state index in [1.807, 2.05) is 0 Å². The van der Waals surface area contributed by atoms with Crippen molar-refractivity contribution in [2.24, 2.45) is 0 Å². The highest BCUT2D eigenvalue weighted by molar-refractivity contribution is 7.80. The third-order valence-corrected chi connectivity index (χ3v) is 4.47. The van der Waals surface area contributed by atoms with Crippen molar-refractivity contribution >= 4 is 17.3 Å². The van der Waals surface area contributed by atoms with E-state index in [4.69, 9.17) is 17.0 Å². The van der Waals surface area contributed by atoms with Gasteiger partial charge >= 0.3 is 0 Å². The maximum Gasteiger partial charge on any atom is 0.167 e. The molecule has 0 aliphatic carbocycles. The zero-order valence-corrected chi connectivity index (χ0v) is 15.5. The number of nitrogens with one attached hydrogen (secondary N) is 2. The van der Waals surface area contributed by atoms with Crippen LogP contribution in [-0.4, -0.2) is 42.5 Å². The minimum Gasteiger partial charge on any atom is -0.379 e. The molecule has 0 radical (unpaired) electrons. The molecule has 5 heteroatoms. The summed E-state index contributed by atoms with van der Waals surface area (Å²) in [7, 11) is 0. The Morgan fingerprint density at radius 1 is 1.22 bits per heavy atom. The van der Waals surface area contributed by atoms with E-state index in [1.165, 1.54) is 11.1 Å². The Labute approximate surface area is 145 Å². The molecule has 1 aromatic rings. The molecule has 23 heavy (non-hydrogen) atoms. The van der Waals surface area contributed by atoms with Crippen LogP contribution in [-0.2, 0) is 16.7 Å². The molecular weight excluding hydrogens is 306 g/mol. The molecule has 4 nitrogen and oxygen atoms in total. The average molecular weight is 336 g/mol. The van der Waals surface area contributed by atoms with Gasteiger partial charge in [-0.15, -0.1) is 0 Å². The lowest BCUT2D eigenvalue weighted by atomic mass is 9.87. The SMILES string of the molecule is CC(NC(=S)NCc1ccc(C(C)(C)C)cc1)N1CCOCC1. The van der Waals surface area contributed by atoms with Gasteiger partial charge in [0.25, 0.3) is 0 Å². The summed E-state index contributed by atoms with van der Waals surface area (Å²) in [5.74, 6) is 0. The molecule has 2 rings (SSSR count). The maximum atomic E-state index is 5.40. The van der Waals surface area contributed by atoms with Crippen molar-refractivity contribution in [3.63, 3.8) is 0 Å². The van der Waals surface area contributed by atoms with E-state index >= 15 is 0 Å². The second-order valence-electron chi connectivity index (χ2n) is 7.10. The van der Waals surface area contributed by atoms with E-state index in [9.17, 15) is 0 Å². The zero-order chi connectivity index (χ0) is 16.9. The standard InChI is InChI=1S/C18H29N3OS/c1-14(21-9-11-22-12-10-21)20-17(23)19-13-15-5-7-16(8-6-15)18(2,3)4/h5-8,14H,9-13H2,1-4H3,(H2,19,20,23). The van der Waals surface area contributed by atoms with E-state index in [2.05, 4.69) is 67.5 Å². The molecule has 1 aromatic carbocycles. The monoisotopic (exact) mass is 335 g/mol. The predicted octanol–water partition coefficient (Wildman–Crippen LogP) is 2.63. The van der Waals surface area contributed by atoms with Crippen LogP contribution in [0, 0.1) is 0 Å². The molecule has 1 heterocycles. The fraction of sp³-hybridized carbons (Fsp3) is 0.611. The number of ether oxygens (including phenoxy) is 1. The summed E-state index contributed by atoms with van der Waals surface area (Å²) in [5.41, 5.74) is 2.78. The van der Waals surface area contributed by atoms with Crippen LogP contribution in [0.1, 0.15) is 38.8 Å². The Kier molecular flexibility index (Phi) is 6.39. The normalized spacial score (nSPS) is 17.6. The zero-order valence-electron chi connectivity index (χ0n) is 14.7. The third-order valence-electron chi connectivity index (χ3n) is 4.21. The molecule has 1 saturated heterocycles. The molecule has 2 N–H and O–H groups in total. The van der Waals surface area contributed by atoms with Crippen molar-refractivity contribution in [2.45, 2.75) is 45.8 Å². The molecule has 1 aliphatic heterocycles. The Morgan fingerprint density at radius 3 is 2.39 bits per heavy atom. The van der Waals surface area contributed by atoms with Crippen LogP contribution in [0.25, 0.3) is 0 Å². The smallest absolute Gasteiger partial charge is 0.167 e. The molecule has 0 aromatic heterocycles. The van der Waals surface area contributed by atoms with Gasteiger partial charge in [0.05, 0.1) is 19.4 Å². The fourth-order valence-electron chi connectivity index (χ4n) is 2.60. The van der Waals surface area contributed by atoms with Gasteiger partial charge in [0.1, 0.15) is 0 Å². The van der Waals surface area contributed by atoms with Crippen LogP contribution in [0.4, 0.5) is 0 Å². The van der Waals surface area contributed by atoms with Gasteiger partial charge in [0.15, 0.2) is 5.11 Å². The highest BCUT2D eigenvalue weighted by Gasteiger charge is 2.17. The van der Waals surface area contributed by atoms with E-state index in [0.717, 1.165) is 32.8 Å². The highest BCUT2D eigenvalue weighted by atomic mass is 32.1. The first-order valence-corrected chi connectivity index (χ1v) is 8.72. The Bertz CT molecular complexity index is 504. The predicted molar refractivity (Wildman–Crippen MR) is 99.6 cm³/mol. The first-order valence-electron chi connectivity index (χ1n) is 8.32. The number of thiocarbonyl (C=S) groups is 1. The molecule has 0 saturated carbocycles. The number of rotatable bonds is 4. The Balaban J connectivity index is 1.77. The molecule has 1 aliphatic rings. The summed E-state index contributed by atoms with van der Waals surface area (Å²) in [6.07, 6.45) is 0.224. The summed E-state index contributed by atoms with van der Waals surface area (Å²) in [6, 6.07) is 8.73. The first kappa shape index (κ1) is 18.2. The molecule has 128 valence electrons. The quantitative estimate of drug-likeness (QED) is 0.827. The number of benzene rings is 1. The first-order chi connectivity index (χ1) is 10.9. The second kappa shape index (κ2) is 8.08. The lowest BCUT2D eigenvalue weighted by Crippen LogP contribution is -2.52. The van der Waals surface area contributed by atoms with Crippen LogP contribution >= 0.6 is 12.2 Å². The second-order valence-corrected chi connectivity index (χ2v) is 7.51. The number of nitrogens with zero attached hydrogens (tertiary/aromatic N) is 1. The van der Waals surface area contributed by atoms with Crippen molar-refractivity contribution in [2.75, 3.05) is 26.3 Å². The van der Waals surface area contributed by atoms with E-state index in [-0.39, 0.29) is 11.6 Å². The average Bonchev–Trinajstić information content (AvgIpc) is 2.53. The molecule has 1 atom stereocenters. The van der Waals surface area contributed by atoms with Crippen molar-refractivity contribution in [3.05, 3.63) is 35.4 Å². The summed E-state index contributed by atoms with van der Waals surface area (Å²) in [6.45, 7) is 13.1. The van der Waals surface area contributed by atoms with Crippen LogP contribution in [0.15, 0.2) is 24.3 Å². The van der Waals surface area contributed by atoms with Gasteiger partial charge in [0.2, 0.25) is 0 Å². The van der Waals surface area contributed by atoms with Gasteiger partial charge in [-0.05, 0) is 35.7 Å². The number of morpholine rings is 1. The molecule has 0 amide bonds. The molecule has 0 bridgehead atoms. The van der Waals surface area contributed by atoms with Crippen molar-refractivity contribution in [1.29, 1.82) is 0 Å². The minimum atomic E-state index is 0.191. The van der Waals surface area contributed by atoms with Crippen LogP contribution < -0.4 is 10.6 Å². The van der Waals surface area contributed by atoms with Gasteiger partial charge < -0.3 is 15.4 Å². The lowest BCUT2D eigenvalue weighted by Gasteiger charge is -2.33. The van der Waals surface area contributed by atoms with E-state index in [0.29, 0.717) is 5.11 Å². The summed E-state index contributed by atoms with van der Waals surface area (Å²) >= 11 is 5.40. The van der Waals surface area contributed by atoms with Crippen LogP contribution in [0.2, 0.25) is 0 Å². The van der Waals surface area contributed by atoms with Crippen LogP contribution in [0.3, 0.4) is 0 Å². The van der Waals surface area contributed by atoms with Gasteiger partial charge in [-0.3, -0.25) is 4.90 Å². The lowest BCUT2D eigenvalue weighted by molar-refractivity contribution is 0.0173.